The number of nitrogens with zero attached hydrogens (tertiary/aromatic N) is 3. The number of carbonyl (C=O) groups is 1. The molecule has 0 aromatic heterocycles. The second kappa shape index (κ2) is 12.2. The fourth-order valence-electron chi connectivity index (χ4n) is 5.55. The molecule has 0 bridgehead atoms. The first-order valence-electron chi connectivity index (χ1n) is 12.8. The van der Waals surface area contributed by atoms with Crippen LogP contribution in [0, 0.1) is 11.8 Å². The van der Waals surface area contributed by atoms with Crippen molar-refractivity contribution in [3.63, 3.8) is 0 Å². The summed E-state index contributed by atoms with van der Waals surface area (Å²) >= 11 is 0. The second-order valence-corrected chi connectivity index (χ2v) is 10.2. The lowest BCUT2D eigenvalue weighted by atomic mass is 9.87. The maximum atomic E-state index is 13.2. The molecule has 1 unspecified atom stereocenters. The minimum Gasteiger partial charge on any atom is -0.493 e. The average molecular weight is 475 g/mol. The van der Waals surface area contributed by atoms with E-state index in [2.05, 4.69) is 39.2 Å². The molecule has 0 radical (unpaired) electrons. The zero-order chi connectivity index (χ0) is 23.9. The van der Waals surface area contributed by atoms with Crippen molar-refractivity contribution in [1.29, 1.82) is 0 Å². The number of likely N-dealkylation sites (N-methyl/N-ethyl adjacent to an activating group) is 1. The normalized spacial score (nSPS) is 27.0. The number of hydrogen-bond donors (Lipinski definition) is 1. The number of hydrogen-bond acceptors (Lipinski definition) is 7. The minimum atomic E-state index is 0.00719. The fraction of sp³-hybridized carbons (Fsp3) is 0.731. The van der Waals surface area contributed by atoms with Gasteiger partial charge in [0.05, 0.1) is 26.2 Å². The van der Waals surface area contributed by atoms with Gasteiger partial charge in [-0.15, -0.1) is 0 Å². The molecule has 3 aliphatic heterocycles. The second-order valence-electron chi connectivity index (χ2n) is 10.2. The van der Waals surface area contributed by atoms with Gasteiger partial charge in [0.2, 0.25) is 5.91 Å². The first kappa shape index (κ1) is 25.2. The lowest BCUT2D eigenvalue weighted by molar-refractivity contribution is -0.128. The van der Waals surface area contributed by atoms with Gasteiger partial charge < -0.3 is 29.3 Å². The Morgan fingerprint density at radius 1 is 1.09 bits per heavy atom. The summed E-state index contributed by atoms with van der Waals surface area (Å²) in [6, 6.07) is 6.11. The van der Waals surface area contributed by atoms with Crippen molar-refractivity contribution >= 4 is 5.91 Å². The Kier molecular flexibility index (Phi) is 9.05. The van der Waals surface area contributed by atoms with Gasteiger partial charge in [-0.25, -0.2) is 0 Å². The van der Waals surface area contributed by atoms with Crippen LogP contribution in [-0.4, -0.2) is 107 Å². The molecular formula is C26H42N4O4. The zero-order valence-electron chi connectivity index (χ0n) is 21.1. The van der Waals surface area contributed by atoms with Crippen LogP contribution in [0.3, 0.4) is 0 Å². The van der Waals surface area contributed by atoms with Crippen molar-refractivity contribution in [2.24, 2.45) is 11.8 Å². The topological polar surface area (TPSA) is 66.5 Å². The predicted octanol–water partition coefficient (Wildman–Crippen LogP) is 1.68. The van der Waals surface area contributed by atoms with Gasteiger partial charge in [-0.1, -0.05) is 6.07 Å². The predicted molar refractivity (Wildman–Crippen MR) is 132 cm³/mol. The quantitative estimate of drug-likeness (QED) is 0.584. The molecule has 3 atom stereocenters. The number of ether oxygens (including phenoxy) is 3. The molecule has 1 aromatic rings. The third kappa shape index (κ3) is 6.84. The van der Waals surface area contributed by atoms with E-state index in [0.29, 0.717) is 12.5 Å². The third-order valence-corrected chi connectivity index (χ3v) is 7.48. The maximum Gasteiger partial charge on any atom is 0.224 e. The Bertz CT molecular complexity index is 793. The minimum absolute atomic E-state index is 0.00719. The molecule has 34 heavy (non-hydrogen) atoms. The van der Waals surface area contributed by atoms with Gasteiger partial charge in [0.25, 0.3) is 0 Å². The molecule has 0 saturated carbocycles. The van der Waals surface area contributed by atoms with E-state index < -0.39 is 0 Å². The van der Waals surface area contributed by atoms with Gasteiger partial charge in [-0.05, 0) is 49.9 Å². The maximum absolute atomic E-state index is 13.2. The van der Waals surface area contributed by atoms with Gasteiger partial charge in [0.15, 0.2) is 11.5 Å². The highest BCUT2D eigenvalue weighted by Gasteiger charge is 2.33. The van der Waals surface area contributed by atoms with E-state index in [0.717, 1.165) is 89.7 Å². The van der Waals surface area contributed by atoms with E-state index in [1.165, 1.54) is 5.56 Å². The molecule has 1 N–H and O–H groups in total. The first-order valence-corrected chi connectivity index (χ1v) is 12.8. The largest absolute Gasteiger partial charge is 0.493 e. The molecule has 8 heteroatoms. The van der Waals surface area contributed by atoms with Crippen molar-refractivity contribution in [1.82, 2.24) is 20.0 Å². The van der Waals surface area contributed by atoms with Crippen LogP contribution in [-0.2, 0) is 16.1 Å². The van der Waals surface area contributed by atoms with Crippen molar-refractivity contribution in [3.8, 4) is 11.5 Å². The van der Waals surface area contributed by atoms with Crippen molar-refractivity contribution in [2.75, 3.05) is 80.2 Å². The van der Waals surface area contributed by atoms with Gasteiger partial charge in [-0.2, -0.15) is 0 Å². The summed E-state index contributed by atoms with van der Waals surface area (Å²) in [4.78, 5) is 20.6. The van der Waals surface area contributed by atoms with E-state index in [1.54, 1.807) is 14.2 Å². The number of rotatable bonds is 9. The molecule has 3 heterocycles. The van der Waals surface area contributed by atoms with Crippen LogP contribution in [0.5, 0.6) is 11.5 Å². The summed E-state index contributed by atoms with van der Waals surface area (Å²) in [5.41, 5.74) is 1.18. The van der Waals surface area contributed by atoms with Gasteiger partial charge in [0, 0.05) is 65.5 Å². The molecule has 0 aliphatic carbocycles. The molecule has 1 aromatic carbocycles. The van der Waals surface area contributed by atoms with E-state index in [4.69, 9.17) is 14.2 Å². The number of amides is 1. The van der Waals surface area contributed by atoms with Crippen LogP contribution in [0.15, 0.2) is 18.2 Å². The first-order chi connectivity index (χ1) is 16.5. The highest BCUT2D eigenvalue weighted by Crippen LogP contribution is 2.30. The Morgan fingerprint density at radius 2 is 1.88 bits per heavy atom. The molecule has 3 saturated heterocycles. The molecule has 8 nitrogen and oxygen atoms in total. The Hall–Kier alpha value is -1.87. The number of piperazine rings is 1. The number of carbonyl (C=O) groups excluding carboxylic acids is 1. The summed E-state index contributed by atoms with van der Waals surface area (Å²) in [5, 5.41) is 3.19. The third-order valence-electron chi connectivity index (χ3n) is 7.48. The Morgan fingerprint density at radius 3 is 2.59 bits per heavy atom. The Balaban J connectivity index is 1.40. The van der Waals surface area contributed by atoms with E-state index in [-0.39, 0.29) is 17.9 Å². The van der Waals surface area contributed by atoms with E-state index >= 15 is 0 Å². The van der Waals surface area contributed by atoms with Gasteiger partial charge in [-0.3, -0.25) is 9.69 Å². The van der Waals surface area contributed by atoms with E-state index in [1.807, 2.05) is 6.07 Å². The number of likely N-dealkylation sites (tertiary alicyclic amines) is 1. The van der Waals surface area contributed by atoms with Gasteiger partial charge in [0.1, 0.15) is 0 Å². The summed E-state index contributed by atoms with van der Waals surface area (Å²) in [5.74, 6) is 2.15. The molecule has 0 spiro atoms. The van der Waals surface area contributed by atoms with Crippen LogP contribution < -0.4 is 14.8 Å². The SMILES string of the molecule is COc1ccc(CN2C[C@@H](CN3CCN(C)CC3)C[C@@H](C(=O)NCC3CCCO3)C2)cc1OC. The van der Waals surface area contributed by atoms with E-state index in [9.17, 15) is 4.79 Å². The summed E-state index contributed by atoms with van der Waals surface area (Å²) in [7, 11) is 5.52. The van der Waals surface area contributed by atoms with Crippen LogP contribution in [0.1, 0.15) is 24.8 Å². The number of methoxy groups -OCH3 is 2. The van der Waals surface area contributed by atoms with Crippen molar-refractivity contribution in [2.45, 2.75) is 31.9 Å². The number of nitrogens with one attached hydrogen (secondary N) is 1. The lowest BCUT2D eigenvalue weighted by Crippen LogP contribution is -2.51. The average Bonchev–Trinajstić information content (AvgIpc) is 3.37. The molecule has 1 amide bonds. The molecule has 4 rings (SSSR count). The van der Waals surface area contributed by atoms with Crippen LogP contribution in [0.4, 0.5) is 0 Å². The summed E-state index contributed by atoms with van der Waals surface area (Å²) in [6.07, 6.45) is 3.27. The molecule has 190 valence electrons. The van der Waals surface area contributed by atoms with Crippen LogP contribution in [0.2, 0.25) is 0 Å². The molecular weight excluding hydrogens is 432 g/mol. The Labute approximate surface area is 204 Å². The number of piperidine rings is 1. The summed E-state index contributed by atoms with van der Waals surface area (Å²) in [6.45, 7) is 9.56. The smallest absolute Gasteiger partial charge is 0.224 e. The van der Waals surface area contributed by atoms with Crippen LogP contribution >= 0.6 is 0 Å². The highest BCUT2D eigenvalue weighted by atomic mass is 16.5. The van der Waals surface area contributed by atoms with Gasteiger partial charge >= 0.3 is 0 Å². The van der Waals surface area contributed by atoms with Crippen LogP contribution in [0.25, 0.3) is 0 Å². The lowest BCUT2D eigenvalue weighted by Gasteiger charge is -2.41. The monoisotopic (exact) mass is 474 g/mol. The zero-order valence-corrected chi connectivity index (χ0v) is 21.1. The summed E-state index contributed by atoms with van der Waals surface area (Å²) < 4.78 is 16.6. The highest BCUT2D eigenvalue weighted by molar-refractivity contribution is 5.79. The van der Waals surface area contributed by atoms with Crippen molar-refractivity contribution in [3.05, 3.63) is 23.8 Å². The van der Waals surface area contributed by atoms with Crippen molar-refractivity contribution < 1.29 is 19.0 Å². The fourth-order valence-corrected chi connectivity index (χ4v) is 5.55. The number of benzene rings is 1. The molecule has 3 aliphatic rings. The standard InChI is InChI=1S/C26H42N4O4/c1-28-8-10-29(11-9-28)17-21-13-22(26(31)27-15-23-5-4-12-34-23)19-30(18-21)16-20-6-7-24(32-2)25(14-20)33-3/h6-7,14,21-23H,4-5,8-13,15-19H2,1-3H3,(H,27,31)/t21-,22-,23?/m1/s1. The molecule has 3 fully saturated rings.